The number of carbonyl (C=O) groups excluding carboxylic acids is 2. The van der Waals surface area contributed by atoms with E-state index in [1.165, 1.54) is 0 Å². The van der Waals surface area contributed by atoms with Crippen molar-refractivity contribution in [2.45, 2.75) is 37.6 Å². The van der Waals surface area contributed by atoms with Crippen LogP contribution in [0.3, 0.4) is 0 Å². The van der Waals surface area contributed by atoms with E-state index < -0.39 is 5.72 Å². The van der Waals surface area contributed by atoms with Crippen LogP contribution in [-0.4, -0.2) is 62.9 Å². The van der Waals surface area contributed by atoms with Crippen molar-refractivity contribution in [3.8, 4) is 0 Å². The predicted octanol–water partition coefficient (Wildman–Crippen LogP) is 1.49. The SMILES string of the molecule is O=C(c1cnn(Cc2ccccc2)c1)N1CC[C@@]23OCCCN2C(=O)C[C@@H]13. The van der Waals surface area contributed by atoms with E-state index in [4.69, 9.17) is 4.74 Å². The molecule has 7 heteroatoms. The zero-order valence-corrected chi connectivity index (χ0v) is 15.1. The first-order valence-electron chi connectivity index (χ1n) is 9.49. The van der Waals surface area contributed by atoms with Crippen LogP contribution in [-0.2, 0) is 16.1 Å². The lowest BCUT2D eigenvalue weighted by molar-refractivity contribution is -0.179. The molecule has 3 aliphatic rings. The zero-order valence-electron chi connectivity index (χ0n) is 15.1. The molecule has 1 aromatic heterocycles. The Morgan fingerprint density at radius 2 is 2.11 bits per heavy atom. The zero-order chi connectivity index (χ0) is 18.4. The molecule has 0 N–H and O–H groups in total. The predicted molar refractivity (Wildman–Crippen MR) is 96.8 cm³/mol. The Hall–Kier alpha value is -2.67. The molecule has 140 valence electrons. The summed E-state index contributed by atoms with van der Waals surface area (Å²) < 4.78 is 7.85. The molecule has 2 amide bonds. The molecule has 0 saturated carbocycles. The molecule has 0 aliphatic carbocycles. The molecule has 0 bridgehead atoms. The van der Waals surface area contributed by atoms with Crippen molar-refractivity contribution in [2.75, 3.05) is 19.7 Å². The van der Waals surface area contributed by atoms with Crippen molar-refractivity contribution in [2.24, 2.45) is 0 Å². The van der Waals surface area contributed by atoms with Crippen molar-refractivity contribution in [3.05, 3.63) is 53.9 Å². The third-order valence-corrected chi connectivity index (χ3v) is 5.94. The maximum Gasteiger partial charge on any atom is 0.257 e. The third kappa shape index (κ3) is 2.56. The van der Waals surface area contributed by atoms with Gasteiger partial charge >= 0.3 is 0 Å². The smallest absolute Gasteiger partial charge is 0.257 e. The van der Waals surface area contributed by atoms with Crippen LogP contribution in [0.5, 0.6) is 0 Å². The Balaban J connectivity index is 1.35. The topological polar surface area (TPSA) is 67.7 Å². The first kappa shape index (κ1) is 16.5. The highest BCUT2D eigenvalue weighted by atomic mass is 16.5. The summed E-state index contributed by atoms with van der Waals surface area (Å²) in [5.41, 5.74) is 1.09. The molecule has 1 aromatic carbocycles. The van der Waals surface area contributed by atoms with E-state index in [1.807, 2.05) is 40.1 Å². The van der Waals surface area contributed by atoms with Crippen LogP contribution in [0.4, 0.5) is 0 Å². The quantitative estimate of drug-likeness (QED) is 0.826. The van der Waals surface area contributed by atoms with E-state index in [-0.39, 0.29) is 17.9 Å². The van der Waals surface area contributed by atoms with E-state index >= 15 is 0 Å². The number of carbonyl (C=O) groups is 2. The van der Waals surface area contributed by atoms with E-state index in [9.17, 15) is 9.59 Å². The molecule has 2 atom stereocenters. The normalized spacial score (nSPS) is 27.0. The summed E-state index contributed by atoms with van der Waals surface area (Å²) in [7, 11) is 0. The van der Waals surface area contributed by atoms with Gasteiger partial charge in [0.25, 0.3) is 5.91 Å². The van der Waals surface area contributed by atoms with Gasteiger partial charge in [-0.25, -0.2) is 0 Å². The average Bonchev–Trinajstić information content (AvgIpc) is 3.35. The molecule has 0 radical (unpaired) electrons. The van der Waals surface area contributed by atoms with Gasteiger partial charge in [0.05, 0.1) is 37.4 Å². The summed E-state index contributed by atoms with van der Waals surface area (Å²) in [5.74, 6) is 0.0250. The van der Waals surface area contributed by atoms with Crippen molar-refractivity contribution in [1.82, 2.24) is 19.6 Å². The molecule has 0 unspecified atom stereocenters. The monoisotopic (exact) mass is 366 g/mol. The molecule has 3 fully saturated rings. The third-order valence-electron chi connectivity index (χ3n) is 5.94. The van der Waals surface area contributed by atoms with Crippen molar-refractivity contribution < 1.29 is 14.3 Å². The van der Waals surface area contributed by atoms with Gasteiger partial charge < -0.3 is 14.5 Å². The molecule has 27 heavy (non-hydrogen) atoms. The van der Waals surface area contributed by atoms with Crippen LogP contribution in [0, 0.1) is 0 Å². The number of benzene rings is 1. The molecule has 7 nitrogen and oxygen atoms in total. The molecular formula is C20H22N4O3. The summed E-state index contributed by atoms with van der Waals surface area (Å²) in [6, 6.07) is 9.82. The average molecular weight is 366 g/mol. The van der Waals surface area contributed by atoms with Crippen LogP contribution in [0.1, 0.15) is 35.2 Å². The largest absolute Gasteiger partial charge is 0.353 e. The number of amides is 2. The summed E-state index contributed by atoms with van der Waals surface area (Å²) in [6.45, 7) is 2.61. The van der Waals surface area contributed by atoms with E-state index in [0.29, 0.717) is 38.1 Å². The Bertz CT molecular complexity index is 880. The van der Waals surface area contributed by atoms with Crippen molar-refractivity contribution >= 4 is 11.8 Å². The van der Waals surface area contributed by atoms with Crippen molar-refractivity contribution in [3.63, 3.8) is 0 Å². The highest BCUT2D eigenvalue weighted by Crippen LogP contribution is 2.45. The van der Waals surface area contributed by atoms with Crippen molar-refractivity contribution in [1.29, 1.82) is 0 Å². The lowest BCUT2D eigenvalue weighted by Gasteiger charge is -2.42. The van der Waals surface area contributed by atoms with Gasteiger partial charge in [0.1, 0.15) is 0 Å². The van der Waals surface area contributed by atoms with E-state index in [2.05, 4.69) is 5.10 Å². The number of rotatable bonds is 3. The number of hydrogen-bond donors (Lipinski definition) is 0. The maximum absolute atomic E-state index is 13.1. The number of likely N-dealkylation sites (tertiary alicyclic amines) is 1. The second kappa shape index (κ2) is 6.20. The Labute approximate surface area is 157 Å². The first-order chi connectivity index (χ1) is 13.2. The van der Waals surface area contributed by atoms with E-state index in [1.54, 1.807) is 17.1 Å². The van der Waals surface area contributed by atoms with Crippen LogP contribution in [0.2, 0.25) is 0 Å². The van der Waals surface area contributed by atoms with Crippen LogP contribution < -0.4 is 0 Å². The van der Waals surface area contributed by atoms with Gasteiger partial charge in [-0.3, -0.25) is 14.3 Å². The number of ether oxygens (including phenoxy) is 1. The maximum atomic E-state index is 13.1. The first-order valence-corrected chi connectivity index (χ1v) is 9.49. The molecule has 3 aliphatic heterocycles. The summed E-state index contributed by atoms with van der Waals surface area (Å²) in [5, 5.41) is 4.34. The fourth-order valence-electron chi connectivity index (χ4n) is 4.69. The van der Waals surface area contributed by atoms with Crippen LogP contribution in [0.15, 0.2) is 42.7 Å². The molecule has 4 heterocycles. The van der Waals surface area contributed by atoms with Gasteiger partial charge in [-0.1, -0.05) is 30.3 Å². The van der Waals surface area contributed by atoms with Gasteiger partial charge in [-0.15, -0.1) is 0 Å². The molecule has 3 saturated heterocycles. The Morgan fingerprint density at radius 3 is 2.96 bits per heavy atom. The van der Waals surface area contributed by atoms with Gasteiger partial charge in [0.15, 0.2) is 5.72 Å². The second-order valence-electron chi connectivity index (χ2n) is 7.47. The number of nitrogens with zero attached hydrogens (tertiary/aromatic N) is 4. The molecule has 2 aromatic rings. The second-order valence-corrected chi connectivity index (χ2v) is 7.47. The fourth-order valence-corrected chi connectivity index (χ4v) is 4.69. The Morgan fingerprint density at radius 1 is 1.26 bits per heavy atom. The minimum absolute atomic E-state index is 0.0694. The minimum atomic E-state index is -0.606. The fraction of sp³-hybridized carbons (Fsp3) is 0.450. The lowest BCUT2D eigenvalue weighted by atomic mass is 10.0. The van der Waals surface area contributed by atoms with Gasteiger partial charge in [0.2, 0.25) is 5.91 Å². The number of aromatic nitrogens is 2. The summed E-state index contributed by atoms with van der Waals surface area (Å²) in [4.78, 5) is 29.2. The van der Waals surface area contributed by atoms with Crippen LogP contribution in [0.25, 0.3) is 0 Å². The molecule has 5 rings (SSSR count). The lowest BCUT2D eigenvalue weighted by Crippen LogP contribution is -2.56. The van der Waals surface area contributed by atoms with Crippen LogP contribution >= 0.6 is 0 Å². The minimum Gasteiger partial charge on any atom is -0.353 e. The van der Waals surface area contributed by atoms with Gasteiger partial charge in [-0.2, -0.15) is 5.10 Å². The van der Waals surface area contributed by atoms with Gasteiger partial charge in [0, 0.05) is 25.7 Å². The number of hydrogen-bond acceptors (Lipinski definition) is 4. The molecular weight excluding hydrogens is 344 g/mol. The summed E-state index contributed by atoms with van der Waals surface area (Å²) in [6.07, 6.45) is 5.31. The highest BCUT2D eigenvalue weighted by Gasteiger charge is 2.61. The standard InChI is InChI=1S/C20H22N4O3/c25-18-11-17-20(24(18)8-4-10-27-20)7-9-23(17)19(26)16-12-21-22(14-16)13-15-5-2-1-3-6-15/h1-3,5-6,12,14,17H,4,7-11,13H2/t17-,20+/m1/s1. The van der Waals surface area contributed by atoms with E-state index in [0.717, 1.165) is 18.5 Å². The van der Waals surface area contributed by atoms with Gasteiger partial charge in [-0.05, 0) is 12.0 Å². The Kier molecular flexibility index (Phi) is 3.79. The highest BCUT2D eigenvalue weighted by molar-refractivity contribution is 5.95. The molecule has 1 spiro atoms. The summed E-state index contributed by atoms with van der Waals surface area (Å²) >= 11 is 0.